The van der Waals surface area contributed by atoms with E-state index >= 15 is 0 Å². The van der Waals surface area contributed by atoms with E-state index in [2.05, 4.69) is 10.4 Å². The summed E-state index contributed by atoms with van der Waals surface area (Å²) in [7, 11) is -4.44. The zero-order valence-corrected chi connectivity index (χ0v) is 25.9. The number of esters is 1. The van der Waals surface area contributed by atoms with E-state index in [-0.39, 0.29) is 34.4 Å². The molecule has 2 aromatic carbocycles. The molecule has 2 atom stereocenters. The number of benzene rings is 2. The number of nitrogens with zero attached hydrogens (tertiary/aromatic N) is 5. The lowest BCUT2D eigenvalue weighted by molar-refractivity contribution is -0.734. The molecule has 0 radical (unpaired) electrons. The maximum Gasteiger partial charge on any atom is 0.435 e. The average molecular weight is 669 g/mol. The van der Waals surface area contributed by atoms with Gasteiger partial charge in [0.05, 0.1) is 33.7 Å². The second-order valence-corrected chi connectivity index (χ2v) is 12.3. The van der Waals surface area contributed by atoms with E-state index in [0.717, 1.165) is 33.5 Å². The zero-order chi connectivity index (χ0) is 33.8. The van der Waals surface area contributed by atoms with E-state index in [1.54, 1.807) is 42.8 Å². The third-order valence-corrected chi connectivity index (χ3v) is 8.04. The Bertz CT molecular complexity index is 1690. The van der Waals surface area contributed by atoms with Crippen LogP contribution in [0.15, 0.2) is 64.8 Å². The minimum Gasteiger partial charge on any atom is -0.569 e. The first kappa shape index (κ1) is 34.0. The van der Waals surface area contributed by atoms with Crippen LogP contribution in [0.25, 0.3) is 16.9 Å². The molecule has 1 N–H and O–H groups in total. The number of hydrogen-bond donors (Lipinski definition) is 1. The Balaban J connectivity index is 1.37. The first-order valence-electron chi connectivity index (χ1n) is 13.9. The Labute approximate surface area is 261 Å². The molecule has 1 amide bonds. The monoisotopic (exact) mass is 668 g/mol. The first-order chi connectivity index (χ1) is 21.5. The highest BCUT2D eigenvalue weighted by Crippen LogP contribution is 2.33. The number of carbonyl (C=O) groups is 2. The van der Waals surface area contributed by atoms with Gasteiger partial charge in [0.2, 0.25) is 5.28 Å². The average Bonchev–Trinajstić information content (AvgIpc) is 3.42. The molecule has 1 saturated heterocycles. The standard InChI is InChI=1S/C28H31F3N6O8S/c1-17(2)26(38)44-19(4)45-34-37(40)35-14-13-22(35)16-43-27(39)33-46(41,42)23-11-9-21(10-12-23)36-24(15-25(32-36)28(29,30)31)20-7-5-18(3)6-8-20/h5-12,15,17,19,22H,13-14,16H2,1-4H3,(H,33,39)/t19?,22-/m0/s1. The predicted molar refractivity (Wildman–Crippen MR) is 153 cm³/mol. The molecular formula is C28H31F3N6O8S. The molecule has 14 nitrogen and oxygen atoms in total. The lowest BCUT2D eigenvalue weighted by Crippen LogP contribution is -2.54. The lowest BCUT2D eigenvalue weighted by atomic mass is 10.1. The summed E-state index contributed by atoms with van der Waals surface area (Å²) in [6.07, 6.45) is -6.74. The molecule has 2 heterocycles. The highest BCUT2D eigenvalue weighted by molar-refractivity contribution is 7.90. The van der Waals surface area contributed by atoms with E-state index in [9.17, 15) is 36.4 Å². The first-order valence-corrected chi connectivity index (χ1v) is 15.4. The van der Waals surface area contributed by atoms with Crippen LogP contribution in [0.3, 0.4) is 0 Å². The van der Waals surface area contributed by atoms with Crippen molar-refractivity contribution in [2.24, 2.45) is 11.2 Å². The number of amides is 1. The fourth-order valence-electron chi connectivity index (χ4n) is 4.08. The van der Waals surface area contributed by atoms with Crippen LogP contribution in [0.4, 0.5) is 18.0 Å². The van der Waals surface area contributed by atoms with Crippen LogP contribution < -0.4 is 4.72 Å². The van der Waals surface area contributed by atoms with Crippen molar-refractivity contribution < 1.29 is 50.5 Å². The van der Waals surface area contributed by atoms with Crippen molar-refractivity contribution in [1.82, 2.24) is 19.5 Å². The highest BCUT2D eigenvalue weighted by atomic mass is 32.2. The molecule has 46 heavy (non-hydrogen) atoms. The van der Waals surface area contributed by atoms with Crippen molar-refractivity contribution in [2.75, 3.05) is 13.2 Å². The number of rotatable bonds is 11. The maximum absolute atomic E-state index is 13.5. The number of hydrazine groups is 1. The second kappa shape index (κ2) is 13.6. The van der Waals surface area contributed by atoms with E-state index in [4.69, 9.17) is 14.3 Å². The number of aryl methyl sites for hydroxylation is 1. The summed E-state index contributed by atoms with van der Waals surface area (Å²) in [5.74, 6) is -0.951. The normalized spacial score (nSPS) is 16.0. The van der Waals surface area contributed by atoms with Crippen LogP contribution in [0.1, 0.15) is 38.4 Å². The molecule has 4 rings (SSSR count). The summed E-state index contributed by atoms with van der Waals surface area (Å²) in [4.78, 5) is 28.5. The van der Waals surface area contributed by atoms with Gasteiger partial charge in [0.15, 0.2) is 5.69 Å². The summed E-state index contributed by atoms with van der Waals surface area (Å²) in [5.41, 5.74) is 0.512. The van der Waals surface area contributed by atoms with Gasteiger partial charge in [0, 0.05) is 12.5 Å². The molecule has 1 unspecified atom stereocenters. The van der Waals surface area contributed by atoms with Crippen LogP contribution in [0.2, 0.25) is 0 Å². The van der Waals surface area contributed by atoms with Crippen LogP contribution >= 0.6 is 0 Å². The number of halogens is 3. The van der Waals surface area contributed by atoms with Gasteiger partial charge in [-0.2, -0.15) is 18.3 Å². The van der Waals surface area contributed by atoms with Gasteiger partial charge in [-0.25, -0.2) is 22.6 Å². The fraction of sp³-hybridized carbons (Fsp3) is 0.393. The Kier molecular flexibility index (Phi) is 10.1. The second-order valence-electron chi connectivity index (χ2n) is 10.6. The smallest absolute Gasteiger partial charge is 0.435 e. The number of nitrogens with one attached hydrogen (secondary N) is 1. The van der Waals surface area contributed by atoms with E-state index in [1.807, 2.05) is 6.92 Å². The van der Waals surface area contributed by atoms with Crippen molar-refractivity contribution in [1.29, 1.82) is 0 Å². The van der Waals surface area contributed by atoms with Crippen molar-refractivity contribution in [2.45, 2.75) is 57.5 Å². The minimum absolute atomic E-state index is 0.106. The van der Waals surface area contributed by atoms with Crippen LogP contribution in [-0.2, 0) is 35.3 Å². The largest absolute Gasteiger partial charge is 0.569 e. The van der Waals surface area contributed by atoms with Crippen molar-refractivity contribution >= 4 is 22.1 Å². The molecule has 1 fully saturated rings. The topological polar surface area (TPSA) is 167 Å². The molecule has 18 heteroatoms. The van der Waals surface area contributed by atoms with Gasteiger partial charge in [-0.1, -0.05) is 43.7 Å². The Morgan fingerprint density at radius 3 is 2.35 bits per heavy atom. The molecule has 248 valence electrons. The summed E-state index contributed by atoms with van der Waals surface area (Å²) in [5, 5.41) is 20.4. The van der Waals surface area contributed by atoms with Crippen LogP contribution in [0, 0.1) is 18.0 Å². The SMILES string of the molecule is Cc1ccc(-c2cc(C(F)(F)F)nn2-c2ccc(S(=O)(=O)NC(=O)OC[C@@H]3CCN3[N+]([O-])=NOC(C)OC(=O)C(C)C)cc2)cc1. The number of sulfonamides is 1. The van der Waals surface area contributed by atoms with Gasteiger partial charge in [-0.05, 0) is 43.7 Å². The molecular weight excluding hydrogens is 637 g/mol. The van der Waals surface area contributed by atoms with Gasteiger partial charge in [0.1, 0.15) is 12.6 Å². The Morgan fingerprint density at radius 2 is 1.78 bits per heavy atom. The maximum atomic E-state index is 13.5. The van der Waals surface area contributed by atoms with E-state index < -0.39 is 52.2 Å². The number of aromatic nitrogens is 2. The molecule has 1 aliphatic rings. The van der Waals surface area contributed by atoms with Crippen molar-refractivity contribution in [3.8, 4) is 16.9 Å². The summed E-state index contributed by atoms with van der Waals surface area (Å²) in [6, 6.07) is 11.7. The van der Waals surface area contributed by atoms with Gasteiger partial charge >= 0.3 is 18.2 Å². The highest BCUT2D eigenvalue weighted by Gasteiger charge is 2.37. The van der Waals surface area contributed by atoms with Crippen LogP contribution in [0.5, 0.6) is 0 Å². The fourth-order valence-corrected chi connectivity index (χ4v) is 4.97. The van der Waals surface area contributed by atoms with Gasteiger partial charge in [-0.3, -0.25) is 9.63 Å². The lowest BCUT2D eigenvalue weighted by Gasteiger charge is -2.34. The van der Waals surface area contributed by atoms with Gasteiger partial charge in [0.25, 0.3) is 16.3 Å². The number of carbonyl (C=O) groups excluding carboxylic acids is 2. The quantitative estimate of drug-likeness (QED) is 0.0994. The molecule has 0 saturated carbocycles. The van der Waals surface area contributed by atoms with E-state index in [0.29, 0.717) is 12.0 Å². The van der Waals surface area contributed by atoms with Gasteiger partial charge < -0.3 is 14.7 Å². The van der Waals surface area contributed by atoms with Crippen LogP contribution in [-0.4, -0.2) is 65.7 Å². The third-order valence-electron chi connectivity index (χ3n) is 6.71. The Morgan fingerprint density at radius 1 is 1.13 bits per heavy atom. The summed E-state index contributed by atoms with van der Waals surface area (Å²) in [6.45, 7) is 6.32. The molecule has 1 aromatic heterocycles. The Hall–Kier alpha value is -4.87. The number of alkyl halides is 3. The predicted octanol–water partition coefficient (Wildman–Crippen LogP) is 4.71. The zero-order valence-electron chi connectivity index (χ0n) is 25.1. The number of ether oxygens (including phenoxy) is 2. The molecule has 3 aromatic rings. The summed E-state index contributed by atoms with van der Waals surface area (Å²) >= 11 is 0. The van der Waals surface area contributed by atoms with Gasteiger partial charge in [-0.15, -0.1) is 5.01 Å². The van der Waals surface area contributed by atoms with Crippen molar-refractivity contribution in [3.63, 3.8) is 0 Å². The summed E-state index contributed by atoms with van der Waals surface area (Å²) < 4.78 is 78.8. The minimum atomic E-state index is -4.72. The molecule has 0 spiro atoms. The third kappa shape index (κ3) is 8.23. The molecule has 0 bridgehead atoms. The number of hydrogen-bond acceptors (Lipinski definition) is 10. The van der Waals surface area contributed by atoms with E-state index in [1.165, 1.54) is 19.1 Å². The molecule has 0 aliphatic carbocycles. The van der Waals surface area contributed by atoms with Crippen molar-refractivity contribution in [3.05, 3.63) is 71.1 Å². The molecule has 1 aliphatic heterocycles.